The fourth-order valence-electron chi connectivity index (χ4n) is 4.15. The minimum Gasteiger partial charge on any atom is -0.473 e. The molecule has 48 heavy (non-hydrogen) atoms. The van der Waals surface area contributed by atoms with E-state index in [-0.39, 0.29) is 64.9 Å². The van der Waals surface area contributed by atoms with Crippen LogP contribution in [0.3, 0.4) is 0 Å². The number of hydrogen-bond donors (Lipinski definition) is 1. The van der Waals surface area contributed by atoms with E-state index in [2.05, 4.69) is 14.7 Å². The number of rotatable bonds is 8. The number of pyridine rings is 1. The van der Waals surface area contributed by atoms with Crippen LogP contribution in [0.1, 0.15) is 102 Å². The van der Waals surface area contributed by atoms with E-state index < -0.39 is 10.0 Å². The molecule has 1 N–H and O–H groups in total. The van der Waals surface area contributed by atoms with Crippen molar-refractivity contribution in [3.63, 3.8) is 0 Å². The summed E-state index contributed by atoms with van der Waals surface area (Å²) in [6.45, 7) is 13.1. The number of sulfonamides is 1. The molecule has 3 aromatic heterocycles. The van der Waals surface area contributed by atoms with Gasteiger partial charge in [0.05, 0.1) is 27.9 Å². The van der Waals surface area contributed by atoms with Crippen molar-refractivity contribution in [2.75, 3.05) is 0 Å². The second kappa shape index (κ2) is 22.3. The molecule has 1 saturated carbocycles. The molecule has 0 atom stereocenters. The van der Waals surface area contributed by atoms with Crippen LogP contribution in [0, 0.1) is 12.8 Å². The zero-order valence-electron chi connectivity index (χ0n) is 26.6. The molecule has 1 aliphatic carbocycles. The Labute approximate surface area is 295 Å². The zero-order valence-corrected chi connectivity index (χ0v) is 28.2. The zero-order chi connectivity index (χ0) is 32.3. The van der Waals surface area contributed by atoms with E-state index in [0.717, 1.165) is 40.0 Å². The number of para-hydroxylation sites is 2. The Kier molecular flexibility index (Phi) is 21.7. The normalized spacial score (nSPS) is 12.3. The molecule has 3 heterocycles. The van der Waals surface area contributed by atoms with Crippen LogP contribution in [0.5, 0.6) is 5.88 Å². The van der Waals surface area contributed by atoms with Crippen molar-refractivity contribution in [2.45, 2.75) is 127 Å². The number of fused-ring (bicyclic) bond motifs is 1. The molecule has 270 valence electrons. The molecule has 0 unspecified atom stereocenters. The van der Waals surface area contributed by atoms with Crippen LogP contribution in [-0.2, 0) is 19.6 Å². The van der Waals surface area contributed by atoms with Crippen LogP contribution in [0.15, 0.2) is 65.1 Å². The molecule has 0 saturated heterocycles. The molecule has 0 radical (unpaired) electrons. The number of thiophene rings is 1. The van der Waals surface area contributed by atoms with Crippen LogP contribution in [-0.4, -0.2) is 47.6 Å². The fraction of sp³-hybridized carbons (Fsp3) is 0.514. The smallest absolute Gasteiger partial charge is 0.308 e. The molecular weight excluding hydrogens is 645 g/mol. The van der Waals surface area contributed by atoms with Crippen LogP contribution in [0.25, 0.3) is 21.6 Å². The van der Waals surface area contributed by atoms with E-state index >= 15 is 0 Å². The topological polar surface area (TPSA) is 120 Å². The lowest BCUT2D eigenvalue weighted by atomic mass is 10.2. The standard InChI is InChI=1S/C15H14N2OS.C9H14N2O2S.C9H16O2.4CH4/c1-10(2)18-15-14(13-8-5-9-19-13)16-11-6-3-4-7-12(11)17-15;1-7(2)11-14(12,13)9-5-4-8(3)6-10-9;1-7(2)9(10)11-8-5-3-4-6-8;;;;/h3-10H,1-2H3;4-7,11H,1-3H3;7-8H,3-6H2,1-2H3;4*1H4. The molecule has 0 bridgehead atoms. The highest BCUT2D eigenvalue weighted by atomic mass is 32.2. The maximum Gasteiger partial charge on any atom is 0.308 e. The van der Waals surface area contributed by atoms with Crippen molar-refractivity contribution in [3.8, 4) is 16.5 Å². The number of esters is 1. The first-order valence-corrected chi connectivity index (χ1v) is 17.3. The molecule has 5 rings (SSSR count). The Morgan fingerprint density at radius 1 is 0.875 bits per heavy atom. The molecule has 0 aliphatic heterocycles. The molecule has 0 amide bonds. The number of hydrogen-bond acceptors (Lipinski definition) is 9. The highest BCUT2D eigenvalue weighted by Gasteiger charge is 2.20. The number of nitrogens with zero attached hydrogens (tertiary/aromatic N) is 3. The highest BCUT2D eigenvalue weighted by molar-refractivity contribution is 7.89. The van der Waals surface area contributed by atoms with Gasteiger partial charge < -0.3 is 9.47 Å². The third kappa shape index (κ3) is 14.8. The Morgan fingerprint density at radius 2 is 1.48 bits per heavy atom. The quantitative estimate of drug-likeness (QED) is 0.180. The van der Waals surface area contributed by atoms with Gasteiger partial charge in [-0.1, -0.05) is 67.8 Å². The summed E-state index contributed by atoms with van der Waals surface area (Å²) in [6.07, 6.45) is 6.41. The molecular formula is C37H60N4O5S2. The lowest BCUT2D eigenvalue weighted by molar-refractivity contribution is -0.152. The van der Waals surface area contributed by atoms with E-state index in [4.69, 9.17) is 14.5 Å². The van der Waals surface area contributed by atoms with Crippen molar-refractivity contribution < 1.29 is 22.7 Å². The molecule has 11 heteroatoms. The molecule has 9 nitrogen and oxygen atoms in total. The number of carbonyl (C=O) groups excluding carboxylic acids is 1. The second-order valence-corrected chi connectivity index (χ2v) is 14.1. The van der Waals surface area contributed by atoms with Gasteiger partial charge in [0.15, 0.2) is 5.03 Å². The first-order valence-electron chi connectivity index (χ1n) is 15.0. The first-order chi connectivity index (χ1) is 20.9. The van der Waals surface area contributed by atoms with Gasteiger partial charge >= 0.3 is 5.97 Å². The maximum absolute atomic E-state index is 11.6. The van der Waals surface area contributed by atoms with Crippen LogP contribution in [0.4, 0.5) is 0 Å². The van der Waals surface area contributed by atoms with Crippen molar-refractivity contribution in [3.05, 3.63) is 65.7 Å². The van der Waals surface area contributed by atoms with E-state index in [9.17, 15) is 13.2 Å². The van der Waals surface area contributed by atoms with Gasteiger partial charge in [-0.2, -0.15) is 0 Å². The second-order valence-electron chi connectivity index (χ2n) is 11.5. The molecule has 1 aliphatic rings. The fourth-order valence-corrected chi connectivity index (χ4v) is 6.04. The minimum absolute atomic E-state index is 0. The molecule has 4 aromatic rings. The average molecular weight is 705 g/mol. The van der Waals surface area contributed by atoms with Crippen molar-refractivity contribution in [1.29, 1.82) is 0 Å². The molecule has 1 aromatic carbocycles. The number of ether oxygens (including phenoxy) is 2. The summed E-state index contributed by atoms with van der Waals surface area (Å²) in [7, 11) is -3.44. The lowest BCUT2D eigenvalue weighted by Crippen LogP contribution is -2.30. The van der Waals surface area contributed by atoms with Gasteiger partial charge in [-0.25, -0.2) is 28.1 Å². The average Bonchev–Trinajstić information content (AvgIpc) is 3.68. The van der Waals surface area contributed by atoms with E-state index in [0.29, 0.717) is 5.88 Å². The van der Waals surface area contributed by atoms with Crippen LogP contribution in [0.2, 0.25) is 0 Å². The van der Waals surface area contributed by atoms with Gasteiger partial charge in [0.1, 0.15) is 11.8 Å². The summed E-state index contributed by atoms with van der Waals surface area (Å²) in [6, 6.07) is 15.0. The molecule has 0 spiro atoms. The number of nitrogens with one attached hydrogen (secondary N) is 1. The number of benzene rings is 1. The maximum atomic E-state index is 11.6. The minimum atomic E-state index is -3.44. The van der Waals surface area contributed by atoms with Gasteiger partial charge in [-0.3, -0.25) is 4.79 Å². The Balaban J connectivity index is 0. The van der Waals surface area contributed by atoms with Crippen LogP contribution >= 0.6 is 11.3 Å². The predicted octanol–water partition coefficient (Wildman–Crippen LogP) is 9.89. The summed E-state index contributed by atoms with van der Waals surface area (Å²) in [5.41, 5.74) is 3.51. The summed E-state index contributed by atoms with van der Waals surface area (Å²) < 4.78 is 36.7. The lowest BCUT2D eigenvalue weighted by Gasteiger charge is -2.12. The third-order valence-corrected chi connectivity index (χ3v) is 8.70. The SMILES string of the molecule is C.C.C.C.CC(C)C(=O)OC1CCCC1.CC(C)Oc1nc2ccccc2nc1-c1cccs1.Cc1ccc(S(=O)(=O)NC(C)C)nc1. The summed E-state index contributed by atoms with van der Waals surface area (Å²) in [5, 5.41) is 2.10. The Bertz CT molecular complexity index is 1570. The third-order valence-electron chi connectivity index (χ3n) is 6.25. The summed E-state index contributed by atoms with van der Waals surface area (Å²) in [5.74, 6) is 0.587. The van der Waals surface area contributed by atoms with E-state index in [1.165, 1.54) is 25.1 Å². The summed E-state index contributed by atoms with van der Waals surface area (Å²) >= 11 is 1.64. The van der Waals surface area contributed by atoms with Crippen molar-refractivity contribution >= 4 is 38.4 Å². The monoisotopic (exact) mass is 704 g/mol. The van der Waals surface area contributed by atoms with Gasteiger partial charge in [-0.15, -0.1) is 11.3 Å². The number of aromatic nitrogens is 3. The predicted molar refractivity (Wildman–Crippen MR) is 203 cm³/mol. The van der Waals surface area contributed by atoms with E-state index in [1.54, 1.807) is 31.3 Å². The van der Waals surface area contributed by atoms with E-state index in [1.807, 2.05) is 76.4 Å². The number of aryl methyl sites for hydroxylation is 1. The van der Waals surface area contributed by atoms with Gasteiger partial charge in [0.25, 0.3) is 10.0 Å². The van der Waals surface area contributed by atoms with Crippen LogP contribution < -0.4 is 9.46 Å². The van der Waals surface area contributed by atoms with Crippen molar-refractivity contribution in [2.24, 2.45) is 5.92 Å². The largest absolute Gasteiger partial charge is 0.473 e. The van der Waals surface area contributed by atoms with Crippen molar-refractivity contribution in [1.82, 2.24) is 19.7 Å². The highest BCUT2D eigenvalue weighted by Crippen LogP contribution is 2.32. The van der Waals surface area contributed by atoms with Gasteiger partial charge in [-0.05, 0) is 95.5 Å². The van der Waals surface area contributed by atoms with Gasteiger partial charge in [0.2, 0.25) is 5.88 Å². The first kappa shape index (κ1) is 46.7. The Morgan fingerprint density at radius 3 is 1.96 bits per heavy atom. The summed E-state index contributed by atoms with van der Waals surface area (Å²) in [4.78, 5) is 25.3. The number of carbonyl (C=O) groups is 1. The Hall–Kier alpha value is -3.41. The molecule has 1 fully saturated rings. The van der Waals surface area contributed by atoms with Gasteiger partial charge in [0, 0.05) is 12.2 Å².